The number of carbonyl (C=O) groups is 4. The Kier molecular flexibility index (Phi) is 11.0. The average molecular weight is 537 g/mol. The highest BCUT2D eigenvalue weighted by molar-refractivity contribution is 5.89. The van der Waals surface area contributed by atoms with E-state index in [4.69, 9.17) is 0 Å². The zero-order valence-corrected chi connectivity index (χ0v) is 23.3. The number of likely N-dealkylation sites (tertiary alicyclic amines) is 1. The minimum absolute atomic E-state index is 0.0427. The monoisotopic (exact) mass is 536 g/mol. The molecule has 0 aromatic heterocycles. The van der Waals surface area contributed by atoms with Crippen LogP contribution in [0.15, 0.2) is 54.6 Å². The van der Waals surface area contributed by atoms with Crippen LogP contribution in [-0.2, 0) is 23.9 Å². The van der Waals surface area contributed by atoms with Gasteiger partial charge in [-0.05, 0) is 36.1 Å². The number of methoxy groups -OCH3 is 1. The molecule has 1 fully saturated rings. The lowest BCUT2D eigenvalue weighted by Crippen LogP contribution is -2.52. The number of hydrogen-bond donors (Lipinski definition) is 2. The van der Waals surface area contributed by atoms with E-state index in [2.05, 4.69) is 69.7 Å². The second-order valence-corrected chi connectivity index (χ2v) is 10.1. The quantitative estimate of drug-likeness (QED) is 0.338. The van der Waals surface area contributed by atoms with Crippen LogP contribution in [0.1, 0.15) is 45.2 Å². The highest BCUT2D eigenvalue weighted by atomic mass is 16.5. The first kappa shape index (κ1) is 29.8. The van der Waals surface area contributed by atoms with Gasteiger partial charge in [0.05, 0.1) is 20.2 Å². The van der Waals surface area contributed by atoms with Crippen LogP contribution in [0.3, 0.4) is 0 Å². The summed E-state index contributed by atoms with van der Waals surface area (Å²) in [6, 6.07) is 15.0. The van der Waals surface area contributed by atoms with E-state index in [1.54, 1.807) is 4.90 Å². The highest BCUT2D eigenvalue weighted by Gasteiger charge is 2.32. The number of nitrogens with zero attached hydrogens (tertiary/aromatic N) is 2. The van der Waals surface area contributed by atoms with Crippen molar-refractivity contribution in [1.82, 2.24) is 20.4 Å². The van der Waals surface area contributed by atoms with Crippen LogP contribution in [-0.4, -0.2) is 79.4 Å². The van der Waals surface area contributed by atoms with Crippen molar-refractivity contribution in [2.24, 2.45) is 5.92 Å². The molecule has 39 heavy (non-hydrogen) atoms. The molecule has 0 radical (unpaired) electrons. The molecular formula is C30H40N4O5. The van der Waals surface area contributed by atoms with Gasteiger partial charge in [0.2, 0.25) is 17.7 Å². The molecule has 0 unspecified atom stereocenters. The van der Waals surface area contributed by atoms with E-state index in [0.29, 0.717) is 0 Å². The third-order valence-electron chi connectivity index (χ3n) is 7.17. The van der Waals surface area contributed by atoms with Crippen molar-refractivity contribution < 1.29 is 23.9 Å². The van der Waals surface area contributed by atoms with Gasteiger partial charge in [0.1, 0.15) is 0 Å². The number of fused-ring (bicyclic) bond motifs is 1. The number of hydrogen-bond acceptors (Lipinski definition) is 6. The number of ether oxygens (including phenoxy) is 1. The molecule has 1 aliphatic rings. The van der Waals surface area contributed by atoms with E-state index >= 15 is 0 Å². The molecule has 0 bridgehead atoms. The number of carbonyl (C=O) groups excluding carboxylic acids is 4. The van der Waals surface area contributed by atoms with Crippen LogP contribution in [0.4, 0.5) is 0 Å². The molecule has 1 atom stereocenters. The van der Waals surface area contributed by atoms with E-state index in [1.165, 1.54) is 35.6 Å². The summed E-state index contributed by atoms with van der Waals surface area (Å²) in [7, 11) is 1.27. The Hall–Kier alpha value is -3.72. The summed E-state index contributed by atoms with van der Waals surface area (Å²) < 4.78 is 4.48. The SMILES string of the molecule is COC(=O)/C=C/CNC(=O)CNC(=O)CN(C(=O)C(C)C)C1CCN([C@H](C)c2cccc3ccccc23)CC1. The number of rotatable bonds is 11. The minimum Gasteiger partial charge on any atom is -0.466 e. The number of nitrogens with one attached hydrogen (secondary N) is 2. The molecule has 0 saturated carbocycles. The maximum Gasteiger partial charge on any atom is 0.330 e. The van der Waals surface area contributed by atoms with Crippen molar-refractivity contribution in [3.05, 3.63) is 60.2 Å². The summed E-state index contributed by atoms with van der Waals surface area (Å²) in [5.74, 6) is -1.59. The Labute approximate surface area is 230 Å². The molecular weight excluding hydrogens is 496 g/mol. The summed E-state index contributed by atoms with van der Waals surface area (Å²) in [6.07, 6.45) is 4.21. The molecule has 2 N–H and O–H groups in total. The summed E-state index contributed by atoms with van der Waals surface area (Å²) >= 11 is 0. The van der Waals surface area contributed by atoms with E-state index in [0.717, 1.165) is 25.9 Å². The molecule has 9 heteroatoms. The summed E-state index contributed by atoms with van der Waals surface area (Å²) in [5, 5.41) is 7.66. The lowest BCUT2D eigenvalue weighted by Gasteiger charge is -2.41. The topological polar surface area (TPSA) is 108 Å². The standard InChI is InChI=1S/C30H40N4O5/c1-21(2)30(38)34(20-28(36)32-19-27(35)31-16-8-13-29(37)39-4)24-14-17-33(18-15-24)22(3)25-12-7-10-23-9-5-6-11-26(23)25/h5-13,21-22,24H,14-20H2,1-4H3,(H,31,35)(H,32,36)/b13-8+/t22-/m1/s1. The van der Waals surface area contributed by atoms with Crippen LogP contribution >= 0.6 is 0 Å². The van der Waals surface area contributed by atoms with Gasteiger partial charge in [-0.2, -0.15) is 0 Å². The number of amides is 3. The van der Waals surface area contributed by atoms with Gasteiger partial charge in [-0.3, -0.25) is 19.3 Å². The van der Waals surface area contributed by atoms with Crippen LogP contribution < -0.4 is 10.6 Å². The fourth-order valence-electron chi connectivity index (χ4n) is 4.96. The van der Waals surface area contributed by atoms with Gasteiger partial charge in [0.25, 0.3) is 0 Å². The molecule has 2 aromatic carbocycles. The zero-order valence-electron chi connectivity index (χ0n) is 23.3. The molecule has 0 spiro atoms. The lowest BCUT2D eigenvalue weighted by molar-refractivity contribution is -0.142. The predicted octanol–water partition coefficient (Wildman–Crippen LogP) is 2.81. The van der Waals surface area contributed by atoms with Crippen molar-refractivity contribution in [1.29, 1.82) is 0 Å². The predicted molar refractivity (Wildman–Crippen MR) is 151 cm³/mol. The van der Waals surface area contributed by atoms with Gasteiger partial charge in [-0.25, -0.2) is 4.79 Å². The van der Waals surface area contributed by atoms with Crippen molar-refractivity contribution >= 4 is 34.5 Å². The van der Waals surface area contributed by atoms with Gasteiger partial charge in [0.15, 0.2) is 0 Å². The molecule has 3 rings (SSSR count). The highest BCUT2D eigenvalue weighted by Crippen LogP contribution is 2.31. The van der Waals surface area contributed by atoms with Crippen LogP contribution in [0.2, 0.25) is 0 Å². The van der Waals surface area contributed by atoms with Crippen molar-refractivity contribution in [2.75, 3.05) is 39.8 Å². The fraction of sp³-hybridized carbons (Fsp3) is 0.467. The molecule has 0 aliphatic carbocycles. The Morgan fingerprint density at radius 3 is 2.38 bits per heavy atom. The molecule has 1 saturated heterocycles. The summed E-state index contributed by atoms with van der Waals surface area (Å²) in [6.45, 7) is 7.37. The molecule has 1 heterocycles. The van der Waals surface area contributed by atoms with Gasteiger partial charge in [-0.15, -0.1) is 0 Å². The number of benzene rings is 2. The van der Waals surface area contributed by atoms with Crippen molar-refractivity contribution in [3.63, 3.8) is 0 Å². The van der Waals surface area contributed by atoms with Crippen LogP contribution in [0.25, 0.3) is 10.8 Å². The van der Waals surface area contributed by atoms with E-state index in [9.17, 15) is 19.2 Å². The normalized spacial score (nSPS) is 15.3. The molecule has 2 aromatic rings. The van der Waals surface area contributed by atoms with Crippen LogP contribution in [0.5, 0.6) is 0 Å². The molecule has 1 aliphatic heterocycles. The second kappa shape index (κ2) is 14.4. The molecule has 210 valence electrons. The van der Waals surface area contributed by atoms with E-state index in [-0.39, 0.29) is 49.5 Å². The van der Waals surface area contributed by atoms with Gasteiger partial charge >= 0.3 is 5.97 Å². The number of esters is 1. The smallest absolute Gasteiger partial charge is 0.330 e. The van der Waals surface area contributed by atoms with E-state index < -0.39 is 11.9 Å². The molecule has 9 nitrogen and oxygen atoms in total. The Morgan fingerprint density at radius 2 is 1.69 bits per heavy atom. The Morgan fingerprint density at radius 1 is 1.00 bits per heavy atom. The third-order valence-corrected chi connectivity index (χ3v) is 7.17. The maximum absolute atomic E-state index is 13.1. The zero-order chi connectivity index (χ0) is 28.4. The molecule has 3 amide bonds. The largest absolute Gasteiger partial charge is 0.466 e. The fourth-order valence-corrected chi connectivity index (χ4v) is 4.96. The van der Waals surface area contributed by atoms with Gasteiger partial charge in [-0.1, -0.05) is 62.4 Å². The first-order valence-electron chi connectivity index (χ1n) is 13.5. The van der Waals surface area contributed by atoms with Crippen molar-refractivity contribution in [3.8, 4) is 0 Å². The van der Waals surface area contributed by atoms with Gasteiger partial charge in [0, 0.05) is 43.7 Å². The minimum atomic E-state index is -0.513. The maximum atomic E-state index is 13.1. The second-order valence-electron chi connectivity index (χ2n) is 10.1. The van der Waals surface area contributed by atoms with E-state index in [1.807, 2.05) is 13.8 Å². The summed E-state index contributed by atoms with van der Waals surface area (Å²) in [5.41, 5.74) is 1.29. The summed E-state index contributed by atoms with van der Waals surface area (Å²) in [4.78, 5) is 53.0. The third kappa shape index (κ3) is 8.38. The van der Waals surface area contributed by atoms with Gasteiger partial charge < -0.3 is 20.3 Å². The Balaban J connectivity index is 1.55. The lowest BCUT2D eigenvalue weighted by atomic mass is 9.95. The van der Waals surface area contributed by atoms with Crippen molar-refractivity contribution in [2.45, 2.75) is 45.7 Å². The Bertz CT molecular complexity index is 1180. The first-order chi connectivity index (χ1) is 18.7. The first-order valence-corrected chi connectivity index (χ1v) is 13.5. The van der Waals surface area contributed by atoms with Crippen LogP contribution in [0, 0.1) is 5.92 Å². The average Bonchev–Trinajstić information content (AvgIpc) is 2.95. The number of piperidine rings is 1.